The number of hydrogen-bond acceptors (Lipinski definition) is 3. The molecule has 3 rings (SSSR count). The van der Waals surface area contributed by atoms with E-state index in [4.69, 9.17) is 4.74 Å². The van der Waals surface area contributed by atoms with Crippen LogP contribution < -0.4 is 5.32 Å². The molecule has 3 aliphatic rings. The van der Waals surface area contributed by atoms with E-state index in [2.05, 4.69) is 31.1 Å². The highest BCUT2D eigenvalue weighted by molar-refractivity contribution is 4.94. The van der Waals surface area contributed by atoms with Gasteiger partial charge in [0.25, 0.3) is 0 Å². The second-order valence-electron chi connectivity index (χ2n) is 7.56. The maximum atomic E-state index is 6.10. The van der Waals surface area contributed by atoms with Gasteiger partial charge in [-0.05, 0) is 64.3 Å². The van der Waals surface area contributed by atoms with Gasteiger partial charge in [-0.15, -0.1) is 0 Å². The first kappa shape index (κ1) is 14.8. The molecule has 2 bridgehead atoms. The van der Waals surface area contributed by atoms with E-state index >= 15 is 0 Å². The molecular weight excluding hydrogens is 248 g/mol. The highest BCUT2D eigenvalue weighted by Crippen LogP contribution is 2.50. The Morgan fingerprint density at radius 2 is 2.10 bits per heavy atom. The smallest absolute Gasteiger partial charge is 0.0855 e. The third-order valence-corrected chi connectivity index (χ3v) is 6.12. The van der Waals surface area contributed by atoms with Crippen molar-refractivity contribution in [2.45, 2.75) is 64.1 Å². The third-order valence-electron chi connectivity index (χ3n) is 6.12. The minimum atomic E-state index is 0.385. The molecule has 1 aliphatic heterocycles. The number of nitrogens with one attached hydrogen (secondary N) is 1. The van der Waals surface area contributed by atoms with E-state index < -0.39 is 0 Å². The molecule has 1 N–H and O–H groups in total. The van der Waals surface area contributed by atoms with Gasteiger partial charge in [0.05, 0.1) is 12.7 Å². The normalized spacial score (nSPS) is 39.6. The summed E-state index contributed by atoms with van der Waals surface area (Å²) in [6, 6.07) is 1.18. The molecule has 116 valence electrons. The van der Waals surface area contributed by atoms with Gasteiger partial charge in [0.2, 0.25) is 0 Å². The van der Waals surface area contributed by atoms with Gasteiger partial charge in [0.15, 0.2) is 0 Å². The van der Waals surface area contributed by atoms with Gasteiger partial charge < -0.3 is 10.1 Å². The Hall–Kier alpha value is -0.120. The van der Waals surface area contributed by atoms with Crippen molar-refractivity contribution in [3.63, 3.8) is 0 Å². The van der Waals surface area contributed by atoms with E-state index in [-0.39, 0.29) is 0 Å². The maximum absolute atomic E-state index is 6.10. The molecule has 5 atom stereocenters. The Kier molecular flexibility index (Phi) is 4.68. The van der Waals surface area contributed by atoms with Crippen LogP contribution in [0, 0.1) is 17.8 Å². The minimum Gasteiger partial charge on any atom is -0.374 e. The lowest BCUT2D eigenvalue weighted by molar-refractivity contribution is -0.0585. The van der Waals surface area contributed by atoms with Crippen molar-refractivity contribution >= 4 is 0 Å². The van der Waals surface area contributed by atoms with Gasteiger partial charge in [-0.25, -0.2) is 0 Å². The SMILES string of the molecule is CNC(CC1CC2CCC1C2)C1CN(C(C)C)CCO1. The van der Waals surface area contributed by atoms with Crippen LogP contribution in [-0.4, -0.2) is 49.8 Å². The number of morpholine rings is 1. The predicted molar refractivity (Wildman–Crippen MR) is 82.9 cm³/mol. The van der Waals surface area contributed by atoms with Crippen molar-refractivity contribution in [2.24, 2.45) is 17.8 Å². The van der Waals surface area contributed by atoms with Gasteiger partial charge in [-0.1, -0.05) is 6.42 Å². The summed E-state index contributed by atoms with van der Waals surface area (Å²) in [7, 11) is 2.12. The zero-order chi connectivity index (χ0) is 14.1. The Bertz CT molecular complexity index is 320. The van der Waals surface area contributed by atoms with Crippen LogP contribution >= 0.6 is 0 Å². The van der Waals surface area contributed by atoms with Crippen LogP contribution in [0.3, 0.4) is 0 Å². The maximum Gasteiger partial charge on any atom is 0.0855 e. The van der Waals surface area contributed by atoms with Crippen LogP contribution in [0.5, 0.6) is 0 Å². The van der Waals surface area contributed by atoms with Crippen LogP contribution in [0.4, 0.5) is 0 Å². The van der Waals surface area contributed by atoms with Gasteiger partial charge in [0.1, 0.15) is 0 Å². The molecule has 0 spiro atoms. The minimum absolute atomic E-state index is 0.385. The van der Waals surface area contributed by atoms with E-state index in [0.29, 0.717) is 18.2 Å². The first-order valence-corrected chi connectivity index (χ1v) is 8.70. The molecular formula is C17H32N2O. The number of rotatable bonds is 5. The number of nitrogens with zero attached hydrogens (tertiary/aromatic N) is 1. The van der Waals surface area contributed by atoms with Crippen LogP contribution in [0.25, 0.3) is 0 Å². The van der Waals surface area contributed by atoms with Crippen molar-refractivity contribution in [2.75, 3.05) is 26.7 Å². The van der Waals surface area contributed by atoms with Crippen LogP contribution in [-0.2, 0) is 4.74 Å². The summed E-state index contributed by atoms with van der Waals surface area (Å²) in [5.74, 6) is 3.05. The summed E-state index contributed by atoms with van der Waals surface area (Å²) < 4.78 is 6.10. The predicted octanol–water partition coefficient (Wildman–Crippen LogP) is 2.51. The van der Waals surface area contributed by atoms with E-state index in [1.165, 1.54) is 32.1 Å². The number of ether oxygens (including phenoxy) is 1. The van der Waals surface area contributed by atoms with E-state index in [1.54, 1.807) is 0 Å². The zero-order valence-electron chi connectivity index (χ0n) is 13.5. The highest BCUT2D eigenvalue weighted by atomic mass is 16.5. The fourth-order valence-electron chi connectivity index (χ4n) is 4.86. The molecule has 0 radical (unpaired) electrons. The van der Waals surface area contributed by atoms with Crippen LogP contribution in [0.1, 0.15) is 46.0 Å². The topological polar surface area (TPSA) is 24.5 Å². The monoisotopic (exact) mass is 280 g/mol. The zero-order valence-corrected chi connectivity index (χ0v) is 13.5. The Morgan fingerprint density at radius 3 is 2.70 bits per heavy atom. The van der Waals surface area contributed by atoms with Gasteiger partial charge in [-0.3, -0.25) is 4.90 Å². The van der Waals surface area contributed by atoms with Crippen molar-refractivity contribution in [1.82, 2.24) is 10.2 Å². The van der Waals surface area contributed by atoms with Crippen molar-refractivity contribution in [1.29, 1.82) is 0 Å². The Labute approximate surface area is 124 Å². The molecule has 3 heteroatoms. The molecule has 5 unspecified atom stereocenters. The molecule has 3 fully saturated rings. The molecule has 0 aromatic rings. The van der Waals surface area contributed by atoms with Gasteiger partial charge in [0, 0.05) is 25.2 Å². The molecule has 20 heavy (non-hydrogen) atoms. The second-order valence-corrected chi connectivity index (χ2v) is 7.56. The summed E-state index contributed by atoms with van der Waals surface area (Å²) in [4.78, 5) is 2.57. The molecule has 2 aliphatic carbocycles. The van der Waals surface area contributed by atoms with Crippen molar-refractivity contribution in [3.8, 4) is 0 Å². The number of likely N-dealkylation sites (N-methyl/N-ethyl adjacent to an activating group) is 1. The summed E-state index contributed by atoms with van der Waals surface area (Å²) in [6.45, 7) is 7.69. The first-order chi connectivity index (χ1) is 9.67. The largest absolute Gasteiger partial charge is 0.374 e. The molecule has 0 aromatic carbocycles. The fraction of sp³-hybridized carbons (Fsp3) is 1.00. The Balaban J connectivity index is 1.56. The average Bonchev–Trinajstić information content (AvgIpc) is 3.07. The van der Waals surface area contributed by atoms with Crippen LogP contribution in [0.15, 0.2) is 0 Å². The van der Waals surface area contributed by atoms with Gasteiger partial charge in [-0.2, -0.15) is 0 Å². The third kappa shape index (κ3) is 3.05. The van der Waals surface area contributed by atoms with E-state index in [0.717, 1.165) is 37.5 Å². The summed E-state index contributed by atoms with van der Waals surface area (Å²) in [5, 5.41) is 3.57. The number of fused-ring (bicyclic) bond motifs is 2. The average molecular weight is 280 g/mol. The quantitative estimate of drug-likeness (QED) is 0.837. The first-order valence-electron chi connectivity index (χ1n) is 8.70. The molecule has 3 nitrogen and oxygen atoms in total. The molecule has 1 heterocycles. The summed E-state index contributed by atoms with van der Waals surface area (Å²) in [5.41, 5.74) is 0. The standard InChI is InChI=1S/C17H32N2O/c1-12(2)19-6-7-20-17(11-19)16(18-3)10-15-9-13-4-5-14(15)8-13/h12-18H,4-11H2,1-3H3. The molecule has 2 saturated carbocycles. The molecule has 0 aromatic heterocycles. The van der Waals surface area contributed by atoms with Crippen molar-refractivity contribution < 1.29 is 4.74 Å². The van der Waals surface area contributed by atoms with E-state index in [9.17, 15) is 0 Å². The second kappa shape index (κ2) is 6.33. The summed E-state index contributed by atoms with van der Waals surface area (Å²) in [6.07, 6.45) is 7.72. The van der Waals surface area contributed by atoms with E-state index in [1.807, 2.05) is 0 Å². The lowest BCUT2D eigenvalue weighted by Crippen LogP contribution is -2.53. The fourth-order valence-corrected chi connectivity index (χ4v) is 4.86. The van der Waals surface area contributed by atoms with Crippen molar-refractivity contribution in [3.05, 3.63) is 0 Å². The van der Waals surface area contributed by atoms with Crippen LogP contribution in [0.2, 0.25) is 0 Å². The number of hydrogen-bond donors (Lipinski definition) is 1. The Morgan fingerprint density at radius 1 is 1.25 bits per heavy atom. The summed E-state index contributed by atoms with van der Waals surface area (Å²) >= 11 is 0. The molecule has 0 amide bonds. The molecule has 1 saturated heterocycles. The van der Waals surface area contributed by atoms with Gasteiger partial charge >= 0.3 is 0 Å². The highest BCUT2D eigenvalue weighted by Gasteiger charge is 2.41. The lowest BCUT2D eigenvalue weighted by Gasteiger charge is -2.40. The lowest BCUT2D eigenvalue weighted by atomic mass is 9.83.